The maximum atomic E-state index is 12.6. The lowest BCUT2D eigenvalue weighted by Crippen LogP contribution is -2.33. The highest BCUT2D eigenvalue weighted by molar-refractivity contribution is 8.00. The van der Waals surface area contributed by atoms with Crippen molar-refractivity contribution in [1.29, 1.82) is 0 Å². The van der Waals surface area contributed by atoms with Gasteiger partial charge in [0.15, 0.2) is 0 Å². The quantitative estimate of drug-likeness (QED) is 0.556. The van der Waals surface area contributed by atoms with E-state index >= 15 is 0 Å². The van der Waals surface area contributed by atoms with E-state index in [9.17, 15) is 9.59 Å². The molecule has 1 heterocycles. The topological polar surface area (TPSA) is 54.3 Å². The van der Waals surface area contributed by atoms with Gasteiger partial charge in [-0.3, -0.25) is 9.59 Å². The summed E-state index contributed by atoms with van der Waals surface area (Å²) in [6.07, 6.45) is 1.98. The average Bonchev–Trinajstić information content (AvgIpc) is 3.07. The fourth-order valence-electron chi connectivity index (χ4n) is 3.26. The van der Waals surface area contributed by atoms with E-state index in [1.54, 1.807) is 0 Å². The Morgan fingerprint density at radius 3 is 2.41 bits per heavy atom. The molecule has 0 atom stereocenters. The van der Waals surface area contributed by atoms with Gasteiger partial charge in [0, 0.05) is 40.8 Å². The summed E-state index contributed by atoms with van der Waals surface area (Å²) in [5.41, 5.74) is 2.97. The number of hydrogen-bond donors (Lipinski definition) is 1. The third kappa shape index (κ3) is 5.21. The fraction of sp³-hybridized carbons (Fsp3) is 0.304. The number of carbonyl (C=O) groups is 2. The summed E-state index contributed by atoms with van der Waals surface area (Å²) in [7, 11) is 0. The molecule has 0 spiro atoms. The molecular weight excluding hydrogens is 382 g/mol. The minimum Gasteiger partial charge on any atom is -0.342 e. The molecule has 3 aromatic rings. The molecule has 0 bridgehead atoms. The first-order chi connectivity index (χ1) is 14.0. The van der Waals surface area contributed by atoms with Crippen LogP contribution in [0.15, 0.2) is 59.6 Å². The number of carbonyl (C=O) groups excluding carboxylic acids is 2. The van der Waals surface area contributed by atoms with Crippen molar-refractivity contribution in [1.82, 2.24) is 9.47 Å². The van der Waals surface area contributed by atoms with Gasteiger partial charge in [-0.2, -0.15) is 0 Å². The predicted molar refractivity (Wildman–Crippen MR) is 120 cm³/mol. The van der Waals surface area contributed by atoms with E-state index in [2.05, 4.69) is 5.32 Å². The van der Waals surface area contributed by atoms with Gasteiger partial charge in [-0.25, -0.2) is 0 Å². The van der Waals surface area contributed by atoms with Crippen molar-refractivity contribution in [3.63, 3.8) is 0 Å². The molecule has 0 saturated heterocycles. The van der Waals surface area contributed by atoms with Gasteiger partial charge in [-0.1, -0.05) is 35.9 Å². The fourth-order valence-corrected chi connectivity index (χ4v) is 4.15. The Hall–Kier alpha value is -2.73. The molecule has 0 radical (unpaired) electrons. The van der Waals surface area contributed by atoms with E-state index < -0.39 is 0 Å². The van der Waals surface area contributed by atoms with Crippen LogP contribution < -0.4 is 5.32 Å². The van der Waals surface area contributed by atoms with Gasteiger partial charge >= 0.3 is 0 Å². The molecule has 5 nitrogen and oxygen atoms in total. The first kappa shape index (κ1) is 21.0. The second-order valence-corrected chi connectivity index (χ2v) is 7.92. The first-order valence-electron chi connectivity index (χ1n) is 9.86. The smallest absolute Gasteiger partial charge is 0.242 e. The van der Waals surface area contributed by atoms with Crippen LogP contribution in [0, 0.1) is 6.92 Å². The van der Waals surface area contributed by atoms with Crippen molar-refractivity contribution in [2.24, 2.45) is 0 Å². The van der Waals surface area contributed by atoms with E-state index in [4.69, 9.17) is 0 Å². The number of thioether (sulfide) groups is 1. The Balaban J connectivity index is 1.71. The molecule has 0 unspecified atom stereocenters. The number of nitrogens with one attached hydrogen (secondary N) is 1. The van der Waals surface area contributed by atoms with Gasteiger partial charge in [0.05, 0.1) is 5.75 Å². The number of nitrogens with zero attached hydrogens (tertiary/aromatic N) is 2. The normalized spacial score (nSPS) is 10.9. The van der Waals surface area contributed by atoms with E-state index in [1.165, 1.54) is 11.8 Å². The zero-order valence-electron chi connectivity index (χ0n) is 17.1. The molecule has 0 fully saturated rings. The molecular formula is C23H27N3O2S. The molecule has 1 N–H and O–H groups in total. The van der Waals surface area contributed by atoms with Crippen LogP contribution in [0.1, 0.15) is 19.4 Å². The number of anilines is 1. The zero-order chi connectivity index (χ0) is 20.8. The minimum atomic E-state index is -0.0464. The second-order valence-electron chi connectivity index (χ2n) is 6.91. The summed E-state index contributed by atoms with van der Waals surface area (Å²) in [5.74, 6) is 0.366. The second kappa shape index (κ2) is 9.65. The van der Waals surface area contributed by atoms with E-state index in [0.717, 1.165) is 27.0 Å². The van der Waals surface area contributed by atoms with Crippen LogP contribution in [0.5, 0.6) is 0 Å². The van der Waals surface area contributed by atoms with Gasteiger partial charge in [-0.15, -0.1) is 11.8 Å². The molecule has 1 aromatic heterocycles. The van der Waals surface area contributed by atoms with Crippen molar-refractivity contribution in [2.75, 3.05) is 24.2 Å². The predicted octanol–water partition coefficient (Wildman–Crippen LogP) is 4.55. The van der Waals surface area contributed by atoms with Crippen LogP contribution in [0.3, 0.4) is 0 Å². The van der Waals surface area contributed by atoms with Crippen LogP contribution in [0.25, 0.3) is 10.9 Å². The number of aryl methyl sites for hydroxylation is 1. The molecule has 29 heavy (non-hydrogen) atoms. The Morgan fingerprint density at radius 1 is 1.03 bits per heavy atom. The van der Waals surface area contributed by atoms with E-state index in [-0.39, 0.29) is 11.8 Å². The SMILES string of the molecule is CCN(CC)C(=O)Cn1cc(SCC(=O)Nc2ccc(C)cc2)c2ccccc21. The number of aromatic nitrogens is 1. The third-order valence-electron chi connectivity index (χ3n) is 4.87. The van der Waals surface area contributed by atoms with Gasteiger partial charge in [0.1, 0.15) is 6.54 Å². The summed E-state index contributed by atoms with van der Waals surface area (Å²) in [6.45, 7) is 7.71. The van der Waals surface area contributed by atoms with Crippen molar-refractivity contribution >= 4 is 40.2 Å². The monoisotopic (exact) mass is 409 g/mol. The highest BCUT2D eigenvalue weighted by atomic mass is 32.2. The van der Waals surface area contributed by atoms with Crippen molar-refractivity contribution in [3.05, 3.63) is 60.3 Å². The molecule has 0 aliphatic carbocycles. The van der Waals surface area contributed by atoms with Crippen LogP contribution in [0.2, 0.25) is 0 Å². The molecule has 2 aromatic carbocycles. The molecule has 152 valence electrons. The average molecular weight is 410 g/mol. The largest absolute Gasteiger partial charge is 0.342 e. The third-order valence-corrected chi connectivity index (χ3v) is 5.91. The van der Waals surface area contributed by atoms with Gasteiger partial charge in [-0.05, 0) is 39.0 Å². The van der Waals surface area contributed by atoms with Crippen molar-refractivity contribution in [3.8, 4) is 0 Å². The molecule has 6 heteroatoms. The standard InChI is InChI=1S/C23H27N3O2S/c1-4-25(5-2)23(28)15-26-14-21(19-8-6-7-9-20(19)26)29-16-22(27)24-18-12-10-17(3)11-13-18/h6-14H,4-5,15-16H2,1-3H3,(H,24,27). The lowest BCUT2D eigenvalue weighted by atomic mass is 10.2. The number of hydrogen-bond acceptors (Lipinski definition) is 3. The van der Waals surface area contributed by atoms with E-state index in [1.807, 2.05) is 85.0 Å². The van der Waals surface area contributed by atoms with Crippen LogP contribution >= 0.6 is 11.8 Å². The number of benzene rings is 2. The highest BCUT2D eigenvalue weighted by Gasteiger charge is 2.15. The van der Waals surface area contributed by atoms with Gasteiger partial charge < -0.3 is 14.8 Å². The first-order valence-corrected chi connectivity index (χ1v) is 10.8. The van der Waals surface area contributed by atoms with Crippen molar-refractivity contribution < 1.29 is 9.59 Å². The molecule has 0 aliphatic rings. The van der Waals surface area contributed by atoms with Crippen LogP contribution in [-0.2, 0) is 16.1 Å². The number of likely N-dealkylation sites (N-methyl/N-ethyl adjacent to an activating group) is 1. The summed E-state index contributed by atoms with van der Waals surface area (Å²) in [4.78, 5) is 27.8. The number of rotatable bonds is 8. The number of fused-ring (bicyclic) bond motifs is 1. The Bertz CT molecular complexity index is 991. The van der Waals surface area contributed by atoms with Gasteiger partial charge in [0.25, 0.3) is 0 Å². The summed E-state index contributed by atoms with van der Waals surface area (Å²) in [6, 6.07) is 15.8. The molecule has 0 saturated carbocycles. The summed E-state index contributed by atoms with van der Waals surface area (Å²) >= 11 is 1.49. The molecule has 0 aliphatic heterocycles. The maximum absolute atomic E-state index is 12.6. The Labute approximate surface area is 176 Å². The summed E-state index contributed by atoms with van der Waals surface area (Å²) in [5, 5.41) is 3.99. The van der Waals surface area contributed by atoms with E-state index in [0.29, 0.717) is 25.4 Å². The van der Waals surface area contributed by atoms with Gasteiger partial charge in [0.2, 0.25) is 11.8 Å². The minimum absolute atomic E-state index is 0.0464. The molecule has 2 amide bonds. The molecule has 3 rings (SSSR count). The summed E-state index contributed by atoms with van der Waals surface area (Å²) < 4.78 is 1.98. The van der Waals surface area contributed by atoms with Crippen LogP contribution in [-0.4, -0.2) is 40.1 Å². The van der Waals surface area contributed by atoms with Crippen molar-refractivity contribution in [2.45, 2.75) is 32.2 Å². The Kier molecular flexibility index (Phi) is 6.99. The number of para-hydroxylation sites is 1. The zero-order valence-corrected chi connectivity index (χ0v) is 18.0. The Morgan fingerprint density at radius 2 is 1.72 bits per heavy atom. The highest BCUT2D eigenvalue weighted by Crippen LogP contribution is 2.30. The maximum Gasteiger partial charge on any atom is 0.242 e. The van der Waals surface area contributed by atoms with Crippen LogP contribution in [0.4, 0.5) is 5.69 Å². The lowest BCUT2D eigenvalue weighted by Gasteiger charge is -2.19. The lowest BCUT2D eigenvalue weighted by molar-refractivity contribution is -0.131. The number of amides is 2.